The summed E-state index contributed by atoms with van der Waals surface area (Å²) < 4.78 is 41.6. The quantitative estimate of drug-likeness (QED) is 0.262. The molecule has 1 rings (SSSR count). The van der Waals surface area contributed by atoms with Gasteiger partial charge in [0.1, 0.15) is 0 Å². The highest BCUT2D eigenvalue weighted by Gasteiger charge is 2.30. The van der Waals surface area contributed by atoms with Gasteiger partial charge in [0, 0.05) is 5.56 Å². The molecular weight excluding hydrogens is 290 g/mol. The van der Waals surface area contributed by atoms with Crippen LogP contribution in [0.3, 0.4) is 0 Å². The summed E-state index contributed by atoms with van der Waals surface area (Å²) in [4.78, 5) is 32.7. The Kier molecular flexibility index (Phi) is 6.10. The van der Waals surface area contributed by atoms with Crippen molar-refractivity contribution in [1.29, 1.82) is 0 Å². The van der Waals surface area contributed by atoms with Crippen LogP contribution in [-0.4, -0.2) is 38.5 Å². The van der Waals surface area contributed by atoms with Crippen LogP contribution >= 0.6 is 0 Å². The first-order valence-corrected chi connectivity index (χ1v) is 5.85. The van der Waals surface area contributed by atoms with Crippen molar-refractivity contribution in [2.24, 2.45) is 0 Å². The average Bonchev–Trinajstić information content (AvgIpc) is 2.44. The highest BCUT2D eigenvalue weighted by molar-refractivity contribution is 6.64. The zero-order valence-corrected chi connectivity index (χ0v) is 10.8. The molecule has 0 radical (unpaired) electrons. The molecule has 21 heavy (non-hydrogen) atoms. The molecule has 0 amide bonds. The Morgan fingerprint density at radius 3 is 2.38 bits per heavy atom. The summed E-state index contributed by atoms with van der Waals surface area (Å²) in [5.74, 6) is -1.36. The number of ketones is 1. The molecule has 0 spiro atoms. The minimum absolute atomic E-state index is 0.0108. The van der Waals surface area contributed by atoms with E-state index in [4.69, 9.17) is 0 Å². The van der Waals surface area contributed by atoms with Crippen molar-refractivity contribution in [1.82, 2.24) is 5.23 Å². The third-order valence-corrected chi connectivity index (χ3v) is 2.40. The van der Waals surface area contributed by atoms with Crippen molar-refractivity contribution in [2.75, 3.05) is 13.2 Å². The van der Waals surface area contributed by atoms with E-state index in [0.717, 1.165) is 24.3 Å². The Morgan fingerprint density at radius 1 is 1.24 bits per heavy atom. The summed E-state index contributed by atoms with van der Waals surface area (Å²) in [5, 5.41) is 2.44. The third kappa shape index (κ3) is 5.78. The molecule has 1 aromatic rings. The number of hydrogen-bond acceptors (Lipinski definition) is 5. The molecular formula is C12H11BF3NO4. The third-order valence-electron chi connectivity index (χ3n) is 2.40. The molecule has 0 atom stereocenters. The van der Waals surface area contributed by atoms with Crippen LogP contribution in [0.5, 0.6) is 0 Å². The Morgan fingerprint density at radius 2 is 1.86 bits per heavy atom. The number of nitrogens with one attached hydrogen (secondary N) is 1. The van der Waals surface area contributed by atoms with E-state index in [-0.39, 0.29) is 19.5 Å². The first-order chi connectivity index (χ1) is 9.84. The number of ether oxygens (including phenoxy) is 1. The molecule has 112 valence electrons. The lowest BCUT2D eigenvalue weighted by atomic mass is 9.99. The van der Waals surface area contributed by atoms with Crippen molar-refractivity contribution in [3.05, 3.63) is 35.4 Å². The molecule has 0 bridgehead atoms. The zero-order chi connectivity index (χ0) is 15.9. The fourth-order valence-corrected chi connectivity index (χ4v) is 1.36. The van der Waals surface area contributed by atoms with Crippen molar-refractivity contribution < 1.29 is 32.3 Å². The Balaban J connectivity index is 2.49. The fourth-order valence-electron chi connectivity index (χ4n) is 1.36. The van der Waals surface area contributed by atoms with Gasteiger partial charge >= 0.3 is 12.1 Å². The van der Waals surface area contributed by atoms with E-state index in [1.165, 1.54) is 0 Å². The molecule has 0 saturated carbocycles. The standard InChI is InChI=1S/C12H11BF3NO4/c14-12(15,16)9-3-1-8(2-4-9)10(19)6-21-11(20)5-17-13-7-18/h1-4,7,13,17H,5-6H2. The van der Waals surface area contributed by atoms with Gasteiger partial charge in [-0.1, -0.05) is 12.1 Å². The lowest BCUT2D eigenvalue weighted by Crippen LogP contribution is -2.29. The van der Waals surface area contributed by atoms with Crippen LogP contribution in [-0.2, 0) is 20.5 Å². The number of alkyl halides is 3. The molecule has 0 aliphatic rings. The predicted molar refractivity (Wildman–Crippen MR) is 68.6 cm³/mol. The van der Waals surface area contributed by atoms with Crippen LogP contribution in [0.2, 0.25) is 0 Å². The lowest BCUT2D eigenvalue weighted by molar-refractivity contribution is -0.141. The summed E-state index contributed by atoms with van der Waals surface area (Å²) >= 11 is 0. The smallest absolute Gasteiger partial charge is 0.416 e. The highest BCUT2D eigenvalue weighted by Crippen LogP contribution is 2.29. The van der Waals surface area contributed by atoms with E-state index in [9.17, 15) is 27.6 Å². The van der Waals surface area contributed by atoms with Gasteiger partial charge in [0.2, 0.25) is 0 Å². The Labute approximate surface area is 118 Å². The van der Waals surface area contributed by atoms with E-state index >= 15 is 0 Å². The van der Waals surface area contributed by atoms with Crippen LogP contribution in [0.15, 0.2) is 24.3 Å². The van der Waals surface area contributed by atoms with E-state index in [2.05, 4.69) is 9.96 Å². The second kappa shape index (κ2) is 7.58. The molecule has 5 nitrogen and oxygen atoms in total. The topological polar surface area (TPSA) is 72.5 Å². The summed E-state index contributed by atoms with van der Waals surface area (Å²) in [5.41, 5.74) is -0.856. The van der Waals surface area contributed by atoms with Crippen molar-refractivity contribution in [3.8, 4) is 0 Å². The van der Waals surface area contributed by atoms with Crippen LogP contribution in [0.1, 0.15) is 15.9 Å². The van der Waals surface area contributed by atoms with Gasteiger partial charge in [0.05, 0.1) is 18.3 Å². The molecule has 0 fully saturated rings. The van der Waals surface area contributed by atoms with Crippen LogP contribution < -0.4 is 5.23 Å². The SMILES string of the molecule is O=CBNCC(=O)OCC(=O)c1ccc(C(F)(F)F)cc1. The largest absolute Gasteiger partial charge is 0.456 e. The number of rotatable bonds is 7. The minimum atomic E-state index is -4.47. The summed E-state index contributed by atoms with van der Waals surface area (Å²) in [7, 11) is -0.0258. The average molecular weight is 301 g/mol. The van der Waals surface area contributed by atoms with Crippen LogP contribution in [0, 0.1) is 0 Å². The van der Waals surface area contributed by atoms with E-state index < -0.39 is 30.1 Å². The zero-order valence-electron chi connectivity index (χ0n) is 10.8. The van der Waals surface area contributed by atoms with Gasteiger partial charge in [-0.05, 0) is 12.1 Å². The highest BCUT2D eigenvalue weighted by atomic mass is 19.4. The normalized spacial score (nSPS) is 10.8. The van der Waals surface area contributed by atoms with Gasteiger partial charge in [-0.25, -0.2) is 0 Å². The van der Waals surface area contributed by atoms with Gasteiger partial charge in [0.15, 0.2) is 12.4 Å². The lowest BCUT2D eigenvalue weighted by Gasteiger charge is -2.07. The van der Waals surface area contributed by atoms with E-state index in [0.29, 0.717) is 6.19 Å². The molecule has 0 unspecified atom stereocenters. The predicted octanol–water partition coefficient (Wildman–Crippen LogP) is 0.563. The number of Topliss-reactive ketones (excluding diaryl/α,β-unsaturated/α-hetero) is 1. The fraction of sp³-hybridized carbons (Fsp3) is 0.250. The number of benzene rings is 1. The second-order valence-electron chi connectivity index (χ2n) is 3.96. The van der Waals surface area contributed by atoms with Gasteiger partial charge in [0.25, 0.3) is 7.41 Å². The maximum absolute atomic E-state index is 12.3. The monoisotopic (exact) mass is 301 g/mol. The first kappa shape index (κ1) is 16.9. The van der Waals surface area contributed by atoms with Gasteiger partial charge in [-0.2, -0.15) is 13.2 Å². The number of carbonyl (C=O) groups excluding carboxylic acids is 3. The maximum Gasteiger partial charge on any atom is 0.416 e. The molecule has 0 aromatic heterocycles. The van der Waals surface area contributed by atoms with Gasteiger partial charge < -0.3 is 14.8 Å². The molecule has 0 saturated heterocycles. The molecule has 0 aliphatic carbocycles. The van der Waals surface area contributed by atoms with Crippen LogP contribution in [0.25, 0.3) is 0 Å². The van der Waals surface area contributed by atoms with Crippen LogP contribution in [0.4, 0.5) is 13.2 Å². The number of esters is 1. The van der Waals surface area contributed by atoms with Crippen molar-refractivity contribution in [2.45, 2.75) is 6.18 Å². The molecule has 0 aliphatic heterocycles. The van der Waals surface area contributed by atoms with Crippen molar-refractivity contribution >= 4 is 25.4 Å². The summed E-state index contributed by atoms with van der Waals surface area (Å²) in [6.07, 6.45) is -3.92. The molecule has 1 N–H and O–H groups in total. The van der Waals surface area contributed by atoms with Crippen molar-refractivity contribution in [3.63, 3.8) is 0 Å². The molecule has 0 heterocycles. The maximum atomic E-state index is 12.3. The Bertz CT molecular complexity index is 516. The minimum Gasteiger partial charge on any atom is -0.456 e. The van der Waals surface area contributed by atoms with Gasteiger partial charge in [-0.15, -0.1) is 0 Å². The number of carbonyl (C=O) groups is 3. The first-order valence-electron chi connectivity index (χ1n) is 5.85. The molecule has 9 heteroatoms. The van der Waals surface area contributed by atoms with E-state index in [1.54, 1.807) is 0 Å². The number of halogens is 3. The van der Waals surface area contributed by atoms with E-state index in [1.807, 2.05) is 0 Å². The summed E-state index contributed by atoms with van der Waals surface area (Å²) in [6.45, 7) is -0.813. The second-order valence-corrected chi connectivity index (χ2v) is 3.96. The summed E-state index contributed by atoms with van der Waals surface area (Å²) in [6, 6.07) is 3.59. The number of hydrogen-bond donors (Lipinski definition) is 1. The molecule has 1 aromatic carbocycles. The Hall–Kier alpha value is -2.16. The van der Waals surface area contributed by atoms with Gasteiger partial charge in [-0.3, -0.25) is 9.59 Å².